The van der Waals surface area contributed by atoms with Crippen LogP contribution in [-0.4, -0.2) is 54.4 Å². The molecule has 0 radical (unpaired) electrons. The molecule has 5 heteroatoms. The molecule has 2 aliphatic heterocycles. The van der Waals surface area contributed by atoms with Crippen LogP contribution in [0.5, 0.6) is 5.75 Å². The van der Waals surface area contributed by atoms with Gasteiger partial charge in [-0.05, 0) is 30.5 Å². The zero-order valence-electron chi connectivity index (χ0n) is 13.1. The van der Waals surface area contributed by atoms with Crippen molar-refractivity contribution < 1.29 is 14.3 Å². The lowest BCUT2D eigenvalue weighted by Gasteiger charge is -2.37. The van der Waals surface area contributed by atoms with Gasteiger partial charge in [-0.1, -0.05) is 12.1 Å². The average molecular weight is 302 g/mol. The average Bonchev–Trinajstić information content (AvgIpc) is 2.96. The predicted molar refractivity (Wildman–Crippen MR) is 82.6 cm³/mol. The zero-order valence-corrected chi connectivity index (χ0v) is 13.1. The molecule has 0 unspecified atom stereocenters. The van der Waals surface area contributed by atoms with Crippen molar-refractivity contribution in [1.82, 2.24) is 9.80 Å². The number of methoxy groups -OCH3 is 1. The summed E-state index contributed by atoms with van der Waals surface area (Å²) in [5.74, 6) is 1.11. The van der Waals surface area contributed by atoms with Crippen LogP contribution in [-0.2, 0) is 16.0 Å². The van der Waals surface area contributed by atoms with Gasteiger partial charge in [0.15, 0.2) is 0 Å². The second kappa shape index (κ2) is 5.99. The summed E-state index contributed by atoms with van der Waals surface area (Å²) in [5.41, 5.74) is 0.966. The number of hydrogen-bond donors (Lipinski definition) is 0. The summed E-state index contributed by atoms with van der Waals surface area (Å²) in [5, 5.41) is 0. The van der Waals surface area contributed by atoms with E-state index < -0.39 is 0 Å². The van der Waals surface area contributed by atoms with Crippen LogP contribution in [0.1, 0.15) is 24.8 Å². The molecule has 0 saturated carbocycles. The second-order valence-electron chi connectivity index (χ2n) is 6.08. The molecule has 2 heterocycles. The van der Waals surface area contributed by atoms with Crippen molar-refractivity contribution in [3.8, 4) is 5.75 Å². The predicted octanol–water partition coefficient (Wildman–Crippen LogP) is 1.46. The number of rotatable bonds is 3. The Morgan fingerprint density at radius 3 is 2.91 bits per heavy atom. The normalized spacial score (nSPS) is 24.4. The SMILES string of the molecule is COc1cccc(CC(=O)N2CC[C@@H]3[C@H]2CCC(=O)N3C)c1. The molecule has 3 rings (SSSR count). The van der Waals surface area contributed by atoms with E-state index in [9.17, 15) is 9.59 Å². The Kier molecular flexibility index (Phi) is 4.05. The summed E-state index contributed by atoms with van der Waals surface area (Å²) in [6, 6.07) is 8.01. The number of piperidine rings is 1. The van der Waals surface area contributed by atoms with Gasteiger partial charge in [-0.2, -0.15) is 0 Å². The number of benzene rings is 1. The van der Waals surface area contributed by atoms with Crippen molar-refractivity contribution in [1.29, 1.82) is 0 Å². The van der Waals surface area contributed by atoms with Gasteiger partial charge in [-0.3, -0.25) is 9.59 Å². The van der Waals surface area contributed by atoms with E-state index >= 15 is 0 Å². The Labute approximate surface area is 130 Å². The standard InChI is InChI=1S/C17H22N2O3/c1-18-14-8-9-19(15(14)6-7-16(18)20)17(21)11-12-4-3-5-13(10-12)22-2/h3-5,10,14-15H,6-9,11H2,1-2H3/t14-,15-/m1/s1. The smallest absolute Gasteiger partial charge is 0.227 e. The van der Waals surface area contributed by atoms with E-state index in [1.54, 1.807) is 7.11 Å². The van der Waals surface area contributed by atoms with Crippen LogP contribution in [0.4, 0.5) is 0 Å². The van der Waals surface area contributed by atoms with Gasteiger partial charge in [0.25, 0.3) is 0 Å². The van der Waals surface area contributed by atoms with Crippen LogP contribution in [0, 0.1) is 0 Å². The molecule has 118 valence electrons. The molecular formula is C17H22N2O3. The third kappa shape index (κ3) is 2.67. The first kappa shape index (κ1) is 14.9. The molecule has 22 heavy (non-hydrogen) atoms. The number of ether oxygens (including phenoxy) is 1. The number of carbonyl (C=O) groups excluding carboxylic acids is 2. The number of likely N-dealkylation sites (N-methyl/N-ethyl adjacent to an activating group) is 1. The van der Waals surface area contributed by atoms with Crippen LogP contribution in [0.3, 0.4) is 0 Å². The molecule has 2 aliphatic rings. The zero-order chi connectivity index (χ0) is 15.7. The maximum atomic E-state index is 12.6. The van der Waals surface area contributed by atoms with Crippen LogP contribution in [0.25, 0.3) is 0 Å². The Balaban J connectivity index is 1.69. The molecule has 0 aromatic heterocycles. The highest BCUT2D eigenvalue weighted by atomic mass is 16.5. The van der Waals surface area contributed by atoms with Gasteiger partial charge in [0, 0.05) is 20.0 Å². The number of fused-ring (bicyclic) bond motifs is 1. The lowest BCUT2D eigenvalue weighted by Crippen LogP contribution is -2.51. The van der Waals surface area contributed by atoms with Crippen molar-refractivity contribution in [2.24, 2.45) is 0 Å². The summed E-state index contributed by atoms with van der Waals surface area (Å²) in [6.07, 6.45) is 2.60. The first-order valence-electron chi connectivity index (χ1n) is 7.78. The molecular weight excluding hydrogens is 280 g/mol. The fraction of sp³-hybridized carbons (Fsp3) is 0.529. The fourth-order valence-corrected chi connectivity index (χ4v) is 3.64. The van der Waals surface area contributed by atoms with E-state index in [1.165, 1.54) is 0 Å². The lowest BCUT2D eigenvalue weighted by molar-refractivity contribution is -0.140. The third-order valence-electron chi connectivity index (χ3n) is 4.86. The van der Waals surface area contributed by atoms with Crippen molar-refractivity contribution in [3.05, 3.63) is 29.8 Å². The topological polar surface area (TPSA) is 49.9 Å². The number of nitrogens with zero attached hydrogens (tertiary/aromatic N) is 2. The molecule has 2 amide bonds. The van der Waals surface area contributed by atoms with Gasteiger partial charge in [-0.15, -0.1) is 0 Å². The number of likely N-dealkylation sites (tertiary alicyclic amines) is 2. The van der Waals surface area contributed by atoms with E-state index in [0.717, 1.165) is 30.7 Å². The Morgan fingerprint density at radius 1 is 1.32 bits per heavy atom. The van der Waals surface area contributed by atoms with Gasteiger partial charge in [0.05, 0.1) is 25.6 Å². The summed E-state index contributed by atoms with van der Waals surface area (Å²) >= 11 is 0. The summed E-state index contributed by atoms with van der Waals surface area (Å²) < 4.78 is 5.20. The number of amides is 2. The minimum Gasteiger partial charge on any atom is -0.497 e. The van der Waals surface area contributed by atoms with Crippen molar-refractivity contribution in [2.75, 3.05) is 20.7 Å². The second-order valence-corrected chi connectivity index (χ2v) is 6.08. The van der Waals surface area contributed by atoms with E-state index in [0.29, 0.717) is 12.8 Å². The minimum absolute atomic E-state index is 0.142. The van der Waals surface area contributed by atoms with Gasteiger partial charge < -0.3 is 14.5 Å². The van der Waals surface area contributed by atoms with Gasteiger partial charge in [0.2, 0.25) is 11.8 Å². The largest absolute Gasteiger partial charge is 0.497 e. The van der Waals surface area contributed by atoms with E-state index in [-0.39, 0.29) is 23.9 Å². The van der Waals surface area contributed by atoms with Crippen LogP contribution in [0.15, 0.2) is 24.3 Å². The van der Waals surface area contributed by atoms with Crippen molar-refractivity contribution in [2.45, 2.75) is 37.8 Å². The summed E-state index contributed by atoms with van der Waals surface area (Å²) in [7, 11) is 3.48. The molecule has 2 atom stereocenters. The van der Waals surface area contributed by atoms with Crippen LogP contribution >= 0.6 is 0 Å². The van der Waals surface area contributed by atoms with Crippen molar-refractivity contribution >= 4 is 11.8 Å². The molecule has 1 aromatic rings. The maximum Gasteiger partial charge on any atom is 0.227 e. The number of carbonyl (C=O) groups is 2. The fourth-order valence-electron chi connectivity index (χ4n) is 3.64. The Hall–Kier alpha value is -2.04. The quantitative estimate of drug-likeness (QED) is 0.849. The summed E-state index contributed by atoms with van der Waals surface area (Å²) in [4.78, 5) is 28.2. The Bertz CT molecular complexity index is 587. The first-order valence-corrected chi connectivity index (χ1v) is 7.78. The summed E-state index contributed by atoms with van der Waals surface area (Å²) in [6.45, 7) is 0.746. The molecule has 0 aliphatic carbocycles. The monoisotopic (exact) mass is 302 g/mol. The molecule has 1 aromatic carbocycles. The molecule has 5 nitrogen and oxygen atoms in total. The van der Waals surface area contributed by atoms with Gasteiger partial charge >= 0.3 is 0 Å². The van der Waals surface area contributed by atoms with E-state index in [1.807, 2.05) is 41.1 Å². The van der Waals surface area contributed by atoms with E-state index in [4.69, 9.17) is 4.74 Å². The third-order valence-corrected chi connectivity index (χ3v) is 4.86. The minimum atomic E-state index is 0.142. The highest BCUT2D eigenvalue weighted by molar-refractivity contribution is 5.81. The molecule has 2 saturated heterocycles. The van der Waals surface area contributed by atoms with Crippen LogP contribution in [0.2, 0.25) is 0 Å². The highest BCUT2D eigenvalue weighted by Gasteiger charge is 2.43. The van der Waals surface area contributed by atoms with Gasteiger partial charge in [-0.25, -0.2) is 0 Å². The first-order chi connectivity index (χ1) is 10.6. The molecule has 0 bridgehead atoms. The Morgan fingerprint density at radius 2 is 2.14 bits per heavy atom. The van der Waals surface area contributed by atoms with E-state index in [2.05, 4.69) is 0 Å². The molecule has 0 N–H and O–H groups in total. The lowest BCUT2D eigenvalue weighted by atomic mass is 9.97. The number of hydrogen-bond acceptors (Lipinski definition) is 3. The van der Waals surface area contributed by atoms with Crippen LogP contribution < -0.4 is 4.74 Å². The molecule has 0 spiro atoms. The van der Waals surface area contributed by atoms with Crippen molar-refractivity contribution in [3.63, 3.8) is 0 Å². The highest BCUT2D eigenvalue weighted by Crippen LogP contribution is 2.31. The van der Waals surface area contributed by atoms with Gasteiger partial charge in [0.1, 0.15) is 5.75 Å². The molecule has 2 fully saturated rings. The maximum absolute atomic E-state index is 12.6.